The Morgan fingerprint density at radius 2 is 1.81 bits per heavy atom. The highest BCUT2D eigenvalue weighted by molar-refractivity contribution is 7.18. The molecule has 3 aromatic rings. The van der Waals surface area contributed by atoms with Gasteiger partial charge in [-0.15, -0.1) is 11.3 Å². The second-order valence-electron chi connectivity index (χ2n) is 11.8. The van der Waals surface area contributed by atoms with Crippen LogP contribution in [0.1, 0.15) is 111 Å². The quantitative estimate of drug-likeness (QED) is 0.353. The molecule has 188 valence electrons. The standard InChI is InChI=1S/C29H33N3O3S/c1-30-20-4-5-23-24(16-20)36-27(31-23)29(33)12-8-21(9-13-29)34-17-22-25(32-35-26(22)19-2-3-19)18-6-10-28(11-7-18)14-15-28/h4-5,16,18-19,21,33H,2-3,6-15,17H2. The fourth-order valence-corrected chi connectivity index (χ4v) is 7.62. The Morgan fingerprint density at radius 3 is 2.50 bits per heavy atom. The van der Waals surface area contributed by atoms with E-state index in [0.717, 1.165) is 33.8 Å². The lowest BCUT2D eigenvalue weighted by Crippen LogP contribution is -2.34. The van der Waals surface area contributed by atoms with Gasteiger partial charge in [-0.05, 0) is 94.6 Å². The van der Waals surface area contributed by atoms with Crippen LogP contribution in [0, 0.1) is 12.0 Å². The largest absolute Gasteiger partial charge is 0.383 e. The van der Waals surface area contributed by atoms with Crippen molar-refractivity contribution in [1.82, 2.24) is 10.1 Å². The number of ether oxygens (including phenoxy) is 1. The van der Waals surface area contributed by atoms with Gasteiger partial charge in [-0.2, -0.15) is 0 Å². The third kappa shape index (κ3) is 4.17. The fourth-order valence-electron chi connectivity index (χ4n) is 6.48. The van der Waals surface area contributed by atoms with Gasteiger partial charge in [-0.25, -0.2) is 9.83 Å². The molecule has 0 saturated heterocycles. The lowest BCUT2D eigenvalue weighted by atomic mass is 9.77. The van der Waals surface area contributed by atoms with Gasteiger partial charge in [-0.3, -0.25) is 0 Å². The average molecular weight is 504 g/mol. The molecular weight excluding hydrogens is 470 g/mol. The zero-order valence-corrected chi connectivity index (χ0v) is 21.5. The molecule has 1 spiro atoms. The first-order valence-electron chi connectivity index (χ1n) is 13.7. The molecule has 7 heteroatoms. The summed E-state index contributed by atoms with van der Waals surface area (Å²) in [5.74, 6) is 2.13. The van der Waals surface area contributed by atoms with E-state index in [1.54, 1.807) is 6.07 Å². The van der Waals surface area contributed by atoms with E-state index in [1.165, 1.54) is 74.0 Å². The predicted molar refractivity (Wildman–Crippen MR) is 138 cm³/mol. The van der Waals surface area contributed by atoms with E-state index in [4.69, 9.17) is 20.8 Å². The van der Waals surface area contributed by atoms with Gasteiger partial charge in [0, 0.05) is 22.1 Å². The van der Waals surface area contributed by atoms with Gasteiger partial charge in [0.05, 0.1) is 30.5 Å². The average Bonchev–Trinajstić information content (AvgIpc) is 3.80. The number of hydrogen-bond donors (Lipinski definition) is 1. The number of fused-ring (bicyclic) bond motifs is 1. The van der Waals surface area contributed by atoms with Gasteiger partial charge < -0.3 is 14.4 Å². The molecule has 1 aromatic carbocycles. The predicted octanol–water partition coefficient (Wildman–Crippen LogP) is 7.50. The lowest BCUT2D eigenvalue weighted by molar-refractivity contribution is -0.0642. The van der Waals surface area contributed by atoms with Crippen LogP contribution in [0.3, 0.4) is 0 Å². The van der Waals surface area contributed by atoms with Gasteiger partial charge in [0.1, 0.15) is 16.4 Å². The minimum absolute atomic E-state index is 0.129. The molecule has 0 amide bonds. The first-order chi connectivity index (χ1) is 17.5. The third-order valence-corrected chi connectivity index (χ3v) is 10.5. The first kappa shape index (κ1) is 22.9. The molecule has 7 rings (SSSR count). The maximum absolute atomic E-state index is 11.4. The van der Waals surface area contributed by atoms with E-state index in [2.05, 4.69) is 10.0 Å². The number of rotatable bonds is 6. The highest BCUT2D eigenvalue weighted by atomic mass is 32.1. The molecule has 4 aliphatic rings. The first-order valence-corrected chi connectivity index (χ1v) is 14.5. The van der Waals surface area contributed by atoms with Crippen LogP contribution in [-0.4, -0.2) is 21.4 Å². The monoisotopic (exact) mass is 503 g/mol. The molecule has 1 N–H and O–H groups in total. The molecule has 2 aromatic heterocycles. The molecule has 6 nitrogen and oxygen atoms in total. The Balaban J connectivity index is 1.01. The van der Waals surface area contributed by atoms with E-state index in [9.17, 15) is 5.11 Å². The van der Waals surface area contributed by atoms with Crippen molar-refractivity contribution in [2.75, 3.05) is 0 Å². The molecule has 0 atom stereocenters. The highest BCUT2D eigenvalue weighted by Gasteiger charge is 2.46. The number of aromatic nitrogens is 2. The highest BCUT2D eigenvalue weighted by Crippen LogP contribution is 2.59. The Labute approximate surface area is 215 Å². The van der Waals surface area contributed by atoms with Crippen LogP contribution in [0.4, 0.5) is 5.69 Å². The summed E-state index contributed by atoms with van der Waals surface area (Å²) in [5, 5.41) is 16.8. The Hall–Kier alpha value is -2.27. The van der Waals surface area contributed by atoms with Crippen molar-refractivity contribution in [2.45, 2.75) is 107 Å². The lowest BCUT2D eigenvalue weighted by Gasteiger charge is -2.34. The van der Waals surface area contributed by atoms with E-state index in [-0.39, 0.29) is 6.10 Å². The van der Waals surface area contributed by atoms with Crippen LogP contribution < -0.4 is 0 Å². The fraction of sp³-hybridized carbons (Fsp3) is 0.621. The Morgan fingerprint density at radius 1 is 1.03 bits per heavy atom. The van der Waals surface area contributed by atoms with Crippen LogP contribution in [0.2, 0.25) is 0 Å². The van der Waals surface area contributed by atoms with Crippen molar-refractivity contribution in [2.24, 2.45) is 5.41 Å². The van der Waals surface area contributed by atoms with E-state index in [0.29, 0.717) is 42.4 Å². The number of hydrogen-bond acceptors (Lipinski definition) is 6. The molecule has 4 aliphatic carbocycles. The van der Waals surface area contributed by atoms with Gasteiger partial charge in [-0.1, -0.05) is 11.2 Å². The maximum atomic E-state index is 11.4. The molecule has 0 radical (unpaired) electrons. The van der Waals surface area contributed by atoms with Crippen molar-refractivity contribution in [3.8, 4) is 0 Å². The summed E-state index contributed by atoms with van der Waals surface area (Å²) in [6.45, 7) is 7.82. The summed E-state index contributed by atoms with van der Waals surface area (Å²) in [5.41, 5.74) is 3.64. The van der Waals surface area contributed by atoms with Gasteiger partial charge >= 0.3 is 0 Å². The minimum atomic E-state index is -0.912. The van der Waals surface area contributed by atoms with Crippen molar-refractivity contribution >= 4 is 27.2 Å². The van der Waals surface area contributed by atoms with E-state index in [1.807, 2.05) is 12.1 Å². The topological polar surface area (TPSA) is 72.7 Å². The number of nitrogens with zero attached hydrogens (tertiary/aromatic N) is 3. The summed E-state index contributed by atoms with van der Waals surface area (Å²) in [6.07, 6.45) is 13.4. The maximum Gasteiger partial charge on any atom is 0.188 e. The minimum Gasteiger partial charge on any atom is -0.383 e. The normalized spacial score (nSPS) is 27.9. The van der Waals surface area contributed by atoms with Crippen LogP contribution in [0.5, 0.6) is 0 Å². The molecule has 4 saturated carbocycles. The van der Waals surface area contributed by atoms with Crippen molar-refractivity contribution in [3.05, 3.63) is 51.6 Å². The molecule has 0 bridgehead atoms. The summed E-state index contributed by atoms with van der Waals surface area (Å²) in [7, 11) is 0. The summed E-state index contributed by atoms with van der Waals surface area (Å²) in [4.78, 5) is 8.23. The summed E-state index contributed by atoms with van der Waals surface area (Å²) >= 11 is 1.51. The summed E-state index contributed by atoms with van der Waals surface area (Å²) < 4.78 is 13.4. The van der Waals surface area contributed by atoms with Crippen LogP contribution in [0.15, 0.2) is 22.7 Å². The third-order valence-electron chi connectivity index (χ3n) is 9.31. The molecular formula is C29H33N3O3S. The molecule has 36 heavy (non-hydrogen) atoms. The van der Waals surface area contributed by atoms with E-state index < -0.39 is 5.60 Å². The van der Waals surface area contributed by atoms with Crippen LogP contribution >= 0.6 is 11.3 Å². The SMILES string of the molecule is [C-]#[N+]c1ccc2nc(C3(O)CCC(OCc4c(C5CCC6(CC5)CC6)noc4C4CC4)CC3)sc2c1. The number of benzene rings is 1. The van der Waals surface area contributed by atoms with Gasteiger partial charge in [0.25, 0.3) is 0 Å². The molecule has 0 unspecified atom stereocenters. The smallest absolute Gasteiger partial charge is 0.188 e. The zero-order valence-electron chi connectivity index (χ0n) is 20.7. The zero-order chi connectivity index (χ0) is 24.3. The molecule has 4 fully saturated rings. The Kier molecular flexibility index (Phi) is 5.50. The van der Waals surface area contributed by atoms with Crippen LogP contribution in [0.25, 0.3) is 15.1 Å². The van der Waals surface area contributed by atoms with E-state index >= 15 is 0 Å². The van der Waals surface area contributed by atoms with Gasteiger partial charge in [0.15, 0.2) is 5.69 Å². The molecule has 0 aliphatic heterocycles. The van der Waals surface area contributed by atoms with Crippen molar-refractivity contribution in [1.29, 1.82) is 0 Å². The summed E-state index contributed by atoms with van der Waals surface area (Å²) in [6, 6.07) is 5.54. The number of aliphatic hydroxyl groups is 1. The second-order valence-corrected chi connectivity index (χ2v) is 12.8. The molecule has 2 heterocycles. The second kappa shape index (κ2) is 8.65. The van der Waals surface area contributed by atoms with Crippen molar-refractivity contribution in [3.63, 3.8) is 0 Å². The van der Waals surface area contributed by atoms with Crippen LogP contribution in [-0.2, 0) is 16.9 Å². The van der Waals surface area contributed by atoms with Gasteiger partial charge in [0.2, 0.25) is 0 Å². The van der Waals surface area contributed by atoms with Crippen molar-refractivity contribution < 1.29 is 14.4 Å². The Bertz CT molecular complexity index is 1310. The number of thiazole rings is 1.